The minimum absolute atomic E-state index is 0.00231. The zero-order chi connectivity index (χ0) is 9.53. The molecule has 0 saturated carbocycles. The van der Waals surface area contributed by atoms with Crippen molar-refractivity contribution in [2.75, 3.05) is 39.3 Å². The lowest BCUT2D eigenvalue weighted by molar-refractivity contribution is -1.09. The van der Waals surface area contributed by atoms with E-state index in [0.29, 0.717) is 19.6 Å². The average molecular weight is 208 g/mol. The van der Waals surface area contributed by atoms with Crippen molar-refractivity contribution < 1.29 is 21.9 Å². The highest BCUT2D eigenvalue weighted by molar-refractivity contribution is 7.80. The molecule has 3 saturated heterocycles. The molecular formula is C6H12N2O4S. The topological polar surface area (TPSA) is 69.7 Å². The SMILES string of the molecule is O=S(=O)([O-])O[N+]12CCN(CC1)CC2. The molecule has 3 fully saturated rings. The Bertz CT molecular complexity index is 280. The number of hydroxylamine groups is 3. The van der Waals surface area contributed by atoms with Gasteiger partial charge in [-0.2, -0.15) is 4.65 Å². The molecule has 13 heavy (non-hydrogen) atoms. The monoisotopic (exact) mass is 208 g/mol. The molecule has 0 aromatic rings. The quantitative estimate of drug-likeness (QED) is 0.314. The van der Waals surface area contributed by atoms with Gasteiger partial charge in [0, 0.05) is 0 Å². The summed E-state index contributed by atoms with van der Waals surface area (Å²) in [7, 11) is -4.57. The molecule has 6 nitrogen and oxygen atoms in total. The smallest absolute Gasteiger partial charge is 0.268 e. The second-order valence-corrected chi connectivity index (χ2v) is 4.52. The van der Waals surface area contributed by atoms with Crippen molar-refractivity contribution in [1.82, 2.24) is 4.90 Å². The summed E-state index contributed by atoms with van der Waals surface area (Å²) in [6, 6.07) is 0. The van der Waals surface area contributed by atoms with Crippen molar-refractivity contribution >= 4 is 10.4 Å². The molecule has 3 heterocycles. The first kappa shape index (κ1) is 9.35. The highest BCUT2D eigenvalue weighted by Crippen LogP contribution is 2.21. The van der Waals surface area contributed by atoms with Crippen LogP contribution in [0.1, 0.15) is 0 Å². The van der Waals surface area contributed by atoms with E-state index in [1.54, 1.807) is 0 Å². The van der Waals surface area contributed by atoms with E-state index in [1.165, 1.54) is 0 Å². The van der Waals surface area contributed by atoms with E-state index >= 15 is 0 Å². The molecule has 0 N–H and O–H groups in total. The molecule has 3 aliphatic heterocycles. The molecule has 0 aromatic carbocycles. The Balaban J connectivity index is 2.11. The fraction of sp³-hybridized carbons (Fsp3) is 1.00. The molecule has 0 aromatic heterocycles. The van der Waals surface area contributed by atoms with Crippen LogP contribution in [0.25, 0.3) is 0 Å². The van der Waals surface area contributed by atoms with Gasteiger partial charge < -0.3 is 4.55 Å². The van der Waals surface area contributed by atoms with E-state index in [-0.39, 0.29) is 4.65 Å². The average Bonchev–Trinajstić information content (AvgIpc) is 2.03. The van der Waals surface area contributed by atoms with Gasteiger partial charge in [0.05, 0.1) is 19.6 Å². The Hall–Kier alpha value is -0.210. The first-order valence-corrected chi connectivity index (χ1v) is 5.58. The van der Waals surface area contributed by atoms with E-state index in [9.17, 15) is 13.0 Å². The van der Waals surface area contributed by atoms with Gasteiger partial charge in [0.2, 0.25) is 0 Å². The predicted molar refractivity (Wildman–Crippen MR) is 42.1 cm³/mol. The van der Waals surface area contributed by atoms with Crippen molar-refractivity contribution in [1.29, 1.82) is 0 Å². The third-order valence-electron chi connectivity index (χ3n) is 2.72. The van der Waals surface area contributed by atoms with Gasteiger partial charge in [0.1, 0.15) is 19.6 Å². The Morgan fingerprint density at radius 3 is 2.00 bits per heavy atom. The zero-order valence-corrected chi connectivity index (χ0v) is 7.99. The molecule has 7 heteroatoms. The minimum atomic E-state index is -4.57. The first-order chi connectivity index (χ1) is 5.99. The minimum Gasteiger partial charge on any atom is -0.722 e. The second kappa shape index (κ2) is 2.89. The van der Waals surface area contributed by atoms with Crippen LogP contribution < -0.4 is 0 Å². The van der Waals surface area contributed by atoms with Crippen molar-refractivity contribution in [3.63, 3.8) is 0 Å². The van der Waals surface area contributed by atoms with E-state index in [4.69, 9.17) is 0 Å². The van der Waals surface area contributed by atoms with Gasteiger partial charge >= 0.3 is 0 Å². The number of nitrogens with zero attached hydrogens (tertiary/aromatic N) is 2. The third-order valence-corrected chi connectivity index (χ3v) is 3.22. The van der Waals surface area contributed by atoms with Crippen molar-refractivity contribution in [3.8, 4) is 0 Å². The number of hydrogen-bond acceptors (Lipinski definition) is 5. The Kier molecular flexibility index (Phi) is 2.08. The molecular weight excluding hydrogens is 196 g/mol. The molecule has 3 rings (SSSR count). The van der Waals surface area contributed by atoms with Gasteiger partial charge in [-0.3, -0.25) is 4.90 Å². The van der Waals surface area contributed by atoms with Crippen LogP contribution in [0.15, 0.2) is 0 Å². The van der Waals surface area contributed by atoms with Gasteiger partial charge in [0.25, 0.3) is 10.4 Å². The van der Waals surface area contributed by atoms with E-state index < -0.39 is 10.4 Å². The van der Waals surface area contributed by atoms with Gasteiger partial charge in [0.15, 0.2) is 0 Å². The summed E-state index contributed by atoms with van der Waals surface area (Å²) in [5, 5.41) is 0. The Labute approximate surface area is 77.2 Å². The Morgan fingerprint density at radius 1 is 1.15 bits per heavy atom. The van der Waals surface area contributed by atoms with Gasteiger partial charge in [-0.05, 0) is 0 Å². The lowest BCUT2D eigenvalue weighted by Crippen LogP contribution is -2.67. The molecule has 76 valence electrons. The van der Waals surface area contributed by atoms with Crippen LogP contribution in [0, 0.1) is 0 Å². The standard InChI is InChI=1S/C6H12N2O4S/c9-13(10,11)12-8-4-1-7(2-5-8)3-6-8/h1-6H2. The van der Waals surface area contributed by atoms with Crippen LogP contribution in [0.5, 0.6) is 0 Å². The summed E-state index contributed by atoms with van der Waals surface area (Å²) in [5.41, 5.74) is 0. The molecule has 0 unspecified atom stereocenters. The predicted octanol–water partition coefficient (Wildman–Crippen LogP) is -1.48. The summed E-state index contributed by atoms with van der Waals surface area (Å²) in [5.74, 6) is 0. The first-order valence-electron chi connectivity index (χ1n) is 4.25. The Morgan fingerprint density at radius 2 is 1.62 bits per heavy atom. The maximum atomic E-state index is 10.5. The zero-order valence-electron chi connectivity index (χ0n) is 7.18. The van der Waals surface area contributed by atoms with E-state index in [0.717, 1.165) is 19.6 Å². The summed E-state index contributed by atoms with van der Waals surface area (Å²) in [4.78, 5) is 2.24. The van der Waals surface area contributed by atoms with Crippen LogP contribution >= 0.6 is 0 Å². The van der Waals surface area contributed by atoms with Gasteiger partial charge in [-0.1, -0.05) is 4.28 Å². The van der Waals surface area contributed by atoms with Crippen LogP contribution in [0.3, 0.4) is 0 Å². The maximum absolute atomic E-state index is 10.5. The molecule has 0 atom stereocenters. The van der Waals surface area contributed by atoms with Crippen LogP contribution in [0.4, 0.5) is 0 Å². The van der Waals surface area contributed by atoms with Crippen molar-refractivity contribution in [2.24, 2.45) is 0 Å². The number of hydrogen-bond donors (Lipinski definition) is 0. The summed E-state index contributed by atoms with van der Waals surface area (Å²) >= 11 is 0. The number of piperazine rings is 3. The summed E-state index contributed by atoms with van der Waals surface area (Å²) < 4.78 is 36.0. The molecule has 0 radical (unpaired) electrons. The lowest BCUT2D eigenvalue weighted by Gasteiger charge is -2.46. The van der Waals surface area contributed by atoms with Crippen molar-refractivity contribution in [3.05, 3.63) is 0 Å². The maximum Gasteiger partial charge on any atom is 0.268 e. The number of quaternary nitrogens is 1. The number of fused-ring (bicyclic) bond motifs is 3. The second-order valence-electron chi connectivity index (χ2n) is 3.55. The summed E-state index contributed by atoms with van der Waals surface area (Å²) in [6.07, 6.45) is 0. The molecule has 3 aliphatic rings. The van der Waals surface area contributed by atoms with Crippen LogP contribution in [0.2, 0.25) is 0 Å². The largest absolute Gasteiger partial charge is 0.722 e. The lowest BCUT2D eigenvalue weighted by atomic mass is 10.2. The fourth-order valence-corrected chi connectivity index (χ4v) is 2.56. The third kappa shape index (κ3) is 2.00. The molecule has 0 aliphatic carbocycles. The normalized spacial score (nSPS) is 39.3. The molecule has 2 bridgehead atoms. The summed E-state index contributed by atoms with van der Waals surface area (Å²) in [6.45, 7) is 4.24. The van der Waals surface area contributed by atoms with Crippen LogP contribution in [-0.2, 0) is 14.7 Å². The van der Waals surface area contributed by atoms with Crippen LogP contribution in [-0.4, -0.2) is 61.8 Å². The highest BCUT2D eigenvalue weighted by Gasteiger charge is 2.42. The van der Waals surface area contributed by atoms with Gasteiger partial charge in [-0.25, -0.2) is 8.42 Å². The van der Waals surface area contributed by atoms with E-state index in [1.807, 2.05) is 0 Å². The number of rotatable bonds is 2. The van der Waals surface area contributed by atoms with Gasteiger partial charge in [-0.15, -0.1) is 0 Å². The highest BCUT2D eigenvalue weighted by atomic mass is 32.3. The van der Waals surface area contributed by atoms with E-state index in [2.05, 4.69) is 9.18 Å². The fourth-order valence-electron chi connectivity index (χ4n) is 1.95. The van der Waals surface area contributed by atoms with Crippen molar-refractivity contribution in [2.45, 2.75) is 0 Å². The molecule has 0 amide bonds. The molecule has 0 spiro atoms.